The first kappa shape index (κ1) is 19.8. The van der Waals surface area contributed by atoms with Crippen LogP contribution < -0.4 is 0 Å². The van der Waals surface area contributed by atoms with Crippen LogP contribution in [0.15, 0.2) is 64.4 Å². The molecule has 0 aliphatic carbocycles. The Morgan fingerprint density at radius 3 is 2.58 bits per heavy atom. The summed E-state index contributed by atoms with van der Waals surface area (Å²) in [5.74, 6) is 0.465. The van der Waals surface area contributed by atoms with Gasteiger partial charge >= 0.3 is 6.18 Å². The molecule has 3 heterocycles. The van der Waals surface area contributed by atoms with Gasteiger partial charge < -0.3 is 9.32 Å². The van der Waals surface area contributed by atoms with Crippen molar-refractivity contribution >= 4 is 28.3 Å². The second-order valence-electron chi connectivity index (χ2n) is 7.44. The van der Waals surface area contributed by atoms with Crippen molar-refractivity contribution in [1.82, 2.24) is 9.88 Å². The lowest BCUT2D eigenvalue weighted by molar-refractivity contribution is -0.137. The molecule has 0 bridgehead atoms. The van der Waals surface area contributed by atoms with E-state index in [1.807, 2.05) is 17.5 Å². The van der Waals surface area contributed by atoms with Gasteiger partial charge in [-0.1, -0.05) is 24.3 Å². The van der Waals surface area contributed by atoms with Gasteiger partial charge in [-0.2, -0.15) is 13.2 Å². The zero-order valence-corrected chi connectivity index (χ0v) is 17.0. The minimum Gasteiger partial charge on any atom is -0.438 e. The lowest BCUT2D eigenvalue weighted by atomic mass is 10.0. The zero-order chi connectivity index (χ0) is 21.6. The molecular formula is C23H17F3N2O2S. The number of carbonyl (C=O) groups excluding carboxylic acids is 1. The Balaban J connectivity index is 1.44. The van der Waals surface area contributed by atoms with Crippen molar-refractivity contribution in [2.75, 3.05) is 6.54 Å². The molecular weight excluding hydrogens is 425 g/mol. The molecule has 5 rings (SSSR count). The SMILES string of the molecule is O=C(c1cccs1)N1CCCC1c1nc2cc(-c3ccc(C(F)(F)F)cc3)ccc2o1. The number of hydrogen-bond donors (Lipinski definition) is 0. The number of benzene rings is 2. The molecule has 1 amide bonds. The number of thiophene rings is 1. The smallest absolute Gasteiger partial charge is 0.416 e. The second-order valence-corrected chi connectivity index (χ2v) is 8.39. The van der Waals surface area contributed by atoms with Gasteiger partial charge in [-0.3, -0.25) is 4.79 Å². The fraction of sp³-hybridized carbons (Fsp3) is 0.217. The maximum Gasteiger partial charge on any atom is 0.416 e. The Morgan fingerprint density at radius 1 is 1.10 bits per heavy atom. The summed E-state index contributed by atoms with van der Waals surface area (Å²) in [4.78, 5) is 19.9. The first-order valence-electron chi connectivity index (χ1n) is 9.83. The highest BCUT2D eigenvalue weighted by molar-refractivity contribution is 7.12. The van der Waals surface area contributed by atoms with Gasteiger partial charge in [0.1, 0.15) is 11.6 Å². The van der Waals surface area contributed by atoms with Gasteiger partial charge in [0.2, 0.25) is 5.89 Å². The van der Waals surface area contributed by atoms with Crippen molar-refractivity contribution in [3.05, 3.63) is 76.3 Å². The number of fused-ring (bicyclic) bond motifs is 1. The predicted octanol–water partition coefficient (Wildman–Crippen LogP) is 6.55. The largest absolute Gasteiger partial charge is 0.438 e. The highest BCUT2D eigenvalue weighted by Gasteiger charge is 2.34. The van der Waals surface area contributed by atoms with E-state index in [0.29, 0.717) is 34.0 Å². The van der Waals surface area contributed by atoms with Gasteiger partial charge in [0.15, 0.2) is 5.58 Å². The number of aromatic nitrogens is 1. The summed E-state index contributed by atoms with van der Waals surface area (Å²) in [6.07, 6.45) is -2.72. The lowest BCUT2D eigenvalue weighted by Gasteiger charge is -2.21. The van der Waals surface area contributed by atoms with E-state index in [4.69, 9.17) is 4.42 Å². The normalized spacial score (nSPS) is 16.9. The monoisotopic (exact) mass is 442 g/mol. The number of rotatable bonds is 3. The fourth-order valence-corrected chi connectivity index (χ4v) is 4.61. The maximum atomic E-state index is 12.8. The molecule has 0 saturated carbocycles. The van der Waals surface area contributed by atoms with Crippen molar-refractivity contribution in [3.63, 3.8) is 0 Å². The molecule has 1 atom stereocenters. The minimum absolute atomic E-state index is 0.0230. The standard InChI is InChI=1S/C23H17F3N2O2S/c24-23(25,26)16-8-5-14(6-9-16)15-7-10-19-17(13-15)27-21(30-19)18-3-1-11-28(18)22(29)20-4-2-12-31-20/h2,4-10,12-13,18H,1,3,11H2. The van der Waals surface area contributed by atoms with Gasteiger partial charge in [0.25, 0.3) is 5.91 Å². The third kappa shape index (κ3) is 3.72. The zero-order valence-electron chi connectivity index (χ0n) is 16.2. The molecule has 0 spiro atoms. The van der Waals surface area contributed by atoms with Crippen molar-refractivity contribution in [2.45, 2.75) is 25.1 Å². The molecule has 0 radical (unpaired) electrons. The molecule has 2 aromatic carbocycles. The number of oxazole rings is 1. The molecule has 1 fully saturated rings. The van der Waals surface area contributed by atoms with Crippen LogP contribution in [0.3, 0.4) is 0 Å². The Labute approximate surface area is 179 Å². The molecule has 1 aliphatic heterocycles. The number of halogens is 3. The average molecular weight is 442 g/mol. The summed E-state index contributed by atoms with van der Waals surface area (Å²) < 4.78 is 44.4. The maximum absolute atomic E-state index is 12.8. The van der Waals surface area contributed by atoms with Gasteiger partial charge in [-0.25, -0.2) is 4.98 Å². The lowest BCUT2D eigenvalue weighted by Crippen LogP contribution is -2.30. The van der Waals surface area contributed by atoms with Crippen molar-refractivity contribution in [1.29, 1.82) is 0 Å². The van der Waals surface area contributed by atoms with Crippen LogP contribution in [-0.4, -0.2) is 22.3 Å². The Kier molecular flexibility index (Phi) is 4.81. The van der Waals surface area contributed by atoms with Crippen LogP contribution in [-0.2, 0) is 6.18 Å². The Bertz CT molecular complexity index is 1230. The van der Waals surface area contributed by atoms with E-state index in [2.05, 4.69) is 4.98 Å². The Hall–Kier alpha value is -3.13. The van der Waals surface area contributed by atoms with Gasteiger partial charge in [0, 0.05) is 6.54 Å². The van der Waals surface area contributed by atoms with Crippen LogP contribution >= 0.6 is 11.3 Å². The number of amides is 1. The van der Waals surface area contributed by atoms with Crippen LogP contribution in [0.1, 0.15) is 40.0 Å². The average Bonchev–Trinajstić information content (AvgIpc) is 3.52. The molecule has 158 valence electrons. The highest BCUT2D eigenvalue weighted by atomic mass is 32.1. The number of nitrogens with zero attached hydrogens (tertiary/aromatic N) is 2. The quantitative estimate of drug-likeness (QED) is 0.361. The molecule has 1 saturated heterocycles. The molecule has 31 heavy (non-hydrogen) atoms. The molecule has 2 aromatic heterocycles. The third-order valence-corrected chi connectivity index (χ3v) is 6.34. The van der Waals surface area contributed by atoms with Crippen LogP contribution in [0.4, 0.5) is 13.2 Å². The van der Waals surface area contributed by atoms with Crippen LogP contribution in [0.5, 0.6) is 0 Å². The first-order valence-corrected chi connectivity index (χ1v) is 10.7. The van der Waals surface area contributed by atoms with Gasteiger partial charge in [-0.15, -0.1) is 11.3 Å². The van der Waals surface area contributed by atoms with E-state index < -0.39 is 11.7 Å². The third-order valence-electron chi connectivity index (χ3n) is 5.48. The molecule has 8 heteroatoms. The van der Waals surface area contributed by atoms with Crippen molar-refractivity contribution in [3.8, 4) is 11.1 Å². The summed E-state index contributed by atoms with van der Waals surface area (Å²) in [5, 5.41) is 1.88. The van der Waals surface area contributed by atoms with Crippen molar-refractivity contribution in [2.24, 2.45) is 0 Å². The van der Waals surface area contributed by atoms with Crippen LogP contribution in [0.2, 0.25) is 0 Å². The van der Waals surface area contributed by atoms with E-state index in [9.17, 15) is 18.0 Å². The summed E-state index contributed by atoms with van der Waals surface area (Å²) in [6.45, 7) is 0.650. The summed E-state index contributed by atoms with van der Waals surface area (Å²) >= 11 is 1.41. The van der Waals surface area contributed by atoms with Crippen LogP contribution in [0.25, 0.3) is 22.2 Å². The number of likely N-dealkylation sites (tertiary alicyclic amines) is 1. The molecule has 4 aromatic rings. The topological polar surface area (TPSA) is 46.3 Å². The van der Waals surface area contributed by atoms with E-state index >= 15 is 0 Å². The predicted molar refractivity (Wildman–Crippen MR) is 112 cm³/mol. The van der Waals surface area contributed by atoms with Crippen LogP contribution in [0, 0.1) is 0 Å². The molecule has 0 N–H and O–H groups in total. The number of carbonyl (C=O) groups is 1. The first-order chi connectivity index (χ1) is 14.9. The summed E-state index contributed by atoms with van der Waals surface area (Å²) in [6, 6.07) is 13.8. The minimum atomic E-state index is -4.36. The fourth-order valence-electron chi connectivity index (χ4n) is 3.93. The second kappa shape index (κ2) is 7.53. The summed E-state index contributed by atoms with van der Waals surface area (Å²) in [5.41, 5.74) is 1.93. The molecule has 1 aliphatic rings. The highest BCUT2D eigenvalue weighted by Crippen LogP contribution is 2.36. The van der Waals surface area contributed by atoms with E-state index in [1.54, 1.807) is 23.1 Å². The van der Waals surface area contributed by atoms with Gasteiger partial charge in [0.05, 0.1) is 10.4 Å². The molecule has 1 unspecified atom stereocenters. The molecule has 4 nitrogen and oxygen atoms in total. The Morgan fingerprint density at radius 2 is 1.87 bits per heavy atom. The van der Waals surface area contributed by atoms with E-state index in [1.165, 1.54) is 23.5 Å². The van der Waals surface area contributed by atoms with E-state index in [-0.39, 0.29) is 11.9 Å². The van der Waals surface area contributed by atoms with Crippen molar-refractivity contribution < 1.29 is 22.4 Å². The number of hydrogen-bond acceptors (Lipinski definition) is 4. The van der Waals surface area contributed by atoms with Gasteiger partial charge in [-0.05, 0) is 59.7 Å². The summed E-state index contributed by atoms with van der Waals surface area (Å²) in [7, 11) is 0. The number of alkyl halides is 3. The van der Waals surface area contributed by atoms with E-state index in [0.717, 1.165) is 30.5 Å².